The van der Waals surface area contributed by atoms with E-state index < -0.39 is 0 Å². The molecule has 2 saturated heterocycles. The Labute approximate surface area is 271 Å². The van der Waals surface area contributed by atoms with Crippen LogP contribution in [0, 0.1) is 0 Å². The van der Waals surface area contributed by atoms with Crippen LogP contribution in [0.25, 0.3) is 11.3 Å². The van der Waals surface area contributed by atoms with Gasteiger partial charge in [0.15, 0.2) is 0 Å². The van der Waals surface area contributed by atoms with Gasteiger partial charge < -0.3 is 15.0 Å². The first-order valence-corrected chi connectivity index (χ1v) is 16.2. The van der Waals surface area contributed by atoms with Gasteiger partial charge in [-0.15, -0.1) is 5.53 Å². The lowest BCUT2D eigenvalue weighted by Gasteiger charge is -2.46. The van der Waals surface area contributed by atoms with Crippen molar-refractivity contribution in [3.05, 3.63) is 87.2 Å². The Morgan fingerprint density at radius 2 is 1.84 bits per heavy atom. The van der Waals surface area contributed by atoms with Crippen molar-refractivity contribution in [2.24, 2.45) is 0 Å². The molecule has 1 aromatic heterocycles. The molecule has 2 atom stereocenters. The lowest BCUT2D eigenvalue weighted by Crippen LogP contribution is -2.64. The normalized spacial score (nSPS) is 23.1. The molecule has 0 radical (unpaired) electrons. The third-order valence-corrected chi connectivity index (χ3v) is 9.52. The van der Waals surface area contributed by atoms with E-state index in [-0.39, 0.29) is 23.6 Å². The molecule has 3 aromatic rings. The summed E-state index contributed by atoms with van der Waals surface area (Å²) in [5, 5.41) is 5.87. The highest BCUT2D eigenvalue weighted by atomic mass is 35.5. The summed E-state index contributed by atoms with van der Waals surface area (Å²) in [6, 6.07) is 15.2. The Kier molecular flexibility index (Phi) is 8.70. The molecule has 236 valence electrons. The van der Waals surface area contributed by atoms with E-state index in [0.29, 0.717) is 40.6 Å². The number of nitrogens with one attached hydrogen (secondary N) is 3. The maximum Gasteiger partial charge on any atom is 0.254 e. The van der Waals surface area contributed by atoms with E-state index in [1.807, 2.05) is 12.1 Å². The maximum atomic E-state index is 13.8. The molecular formula is C32H36Cl2N8O3. The Morgan fingerprint density at radius 1 is 0.956 bits per heavy atom. The second-order valence-electron chi connectivity index (χ2n) is 11.9. The maximum absolute atomic E-state index is 13.8. The molecular weight excluding hydrogens is 615 g/mol. The van der Waals surface area contributed by atoms with Crippen molar-refractivity contribution < 1.29 is 9.53 Å². The average molecular weight is 652 g/mol. The second-order valence-corrected chi connectivity index (χ2v) is 12.8. The number of fused-ring (bicyclic) bond motifs is 4. The van der Waals surface area contributed by atoms with Crippen molar-refractivity contribution in [3.8, 4) is 11.3 Å². The van der Waals surface area contributed by atoms with Crippen LogP contribution in [-0.4, -0.2) is 71.8 Å². The number of carbonyl (C=O) groups excluding carboxylic acids is 1. The van der Waals surface area contributed by atoms with Crippen LogP contribution in [0.3, 0.4) is 0 Å². The molecule has 7 rings (SSSR count). The van der Waals surface area contributed by atoms with Crippen LogP contribution in [-0.2, 0) is 9.53 Å². The second kappa shape index (κ2) is 13.0. The molecule has 2 fully saturated rings. The molecule has 11 nitrogen and oxygen atoms in total. The largest absolute Gasteiger partial charge is 0.378 e. The van der Waals surface area contributed by atoms with E-state index in [1.165, 1.54) is 0 Å². The van der Waals surface area contributed by atoms with Crippen LogP contribution in [0.4, 0.5) is 11.4 Å². The molecule has 45 heavy (non-hydrogen) atoms. The molecule has 1 amide bonds. The number of amides is 1. The predicted octanol–water partition coefficient (Wildman–Crippen LogP) is 3.60. The fourth-order valence-electron chi connectivity index (χ4n) is 6.59. The summed E-state index contributed by atoms with van der Waals surface area (Å²) in [5.41, 5.74) is 9.61. The van der Waals surface area contributed by atoms with Gasteiger partial charge in [-0.3, -0.25) is 29.5 Å². The molecule has 5 heterocycles. The zero-order valence-corrected chi connectivity index (χ0v) is 26.3. The van der Waals surface area contributed by atoms with E-state index in [4.69, 9.17) is 32.9 Å². The number of carbonyl (C=O) groups is 1. The molecule has 0 saturated carbocycles. The predicted molar refractivity (Wildman–Crippen MR) is 175 cm³/mol. The number of hydrogen-bond donors (Lipinski definition) is 3. The van der Waals surface area contributed by atoms with Crippen molar-refractivity contribution in [1.82, 2.24) is 30.7 Å². The Balaban J connectivity index is 1.22. The summed E-state index contributed by atoms with van der Waals surface area (Å²) in [6.07, 6.45) is 6.83. The number of rotatable bonds is 4. The van der Waals surface area contributed by atoms with Gasteiger partial charge in [-0.1, -0.05) is 48.2 Å². The van der Waals surface area contributed by atoms with Gasteiger partial charge in [0.1, 0.15) is 11.2 Å². The third-order valence-electron chi connectivity index (χ3n) is 9.10. The zero-order chi connectivity index (χ0) is 30.9. The van der Waals surface area contributed by atoms with Gasteiger partial charge >= 0.3 is 0 Å². The monoisotopic (exact) mass is 650 g/mol. The van der Waals surface area contributed by atoms with Gasteiger partial charge in [0, 0.05) is 48.5 Å². The summed E-state index contributed by atoms with van der Waals surface area (Å²) < 4.78 is 7.17. The van der Waals surface area contributed by atoms with E-state index >= 15 is 0 Å². The first-order valence-electron chi connectivity index (χ1n) is 15.5. The molecule has 3 N–H and O–H groups in total. The van der Waals surface area contributed by atoms with Gasteiger partial charge in [0.05, 0.1) is 49.2 Å². The highest BCUT2D eigenvalue weighted by Gasteiger charge is 2.37. The van der Waals surface area contributed by atoms with Gasteiger partial charge in [-0.25, -0.2) is 4.98 Å². The van der Waals surface area contributed by atoms with Crippen molar-refractivity contribution in [3.63, 3.8) is 0 Å². The van der Waals surface area contributed by atoms with Crippen molar-refractivity contribution >= 4 is 40.5 Å². The van der Waals surface area contributed by atoms with E-state index in [0.717, 1.165) is 68.9 Å². The zero-order valence-electron chi connectivity index (χ0n) is 24.8. The smallest absolute Gasteiger partial charge is 0.254 e. The Morgan fingerprint density at radius 3 is 2.62 bits per heavy atom. The molecule has 13 heteroatoms. The highest BCUT2D eigenvalue weighted by Crippen LogP contribution is 2.34. The van der Waals surface area contributed by atoms with Crippen molar-refractivity contribution in [2.75, 3.05) is 49.3 Å². The summed E-state index contributed by atoms with van der Waals surface area (Å²) in [4.78, 5) is 36.7. The minimum atomic E-state index is -0.297. The Bertz CT molecular complexity index is 1660. The number of aromatic nitrogens is 2. The fourth-order valence-corrected chi connectivity index (χ4v) is 6.90. The van der Waals surface area contributed by atoms with E-state index in [2.05, 4.69) is 44.3 Å². The standard InChI is InChI=1S/C32H36Cl2N8O3/c33-22-8-9-28(42-17-30(34)37-38-42)25(14-22)26-15-31(43)41(20-36-26)27-7-2-1-3-10-35-32(44)29-16-39(24-18-45-19-24)11-12-40(29)23-6-4-5-21(27)13-23/h4-6,8-9,13-15,17,20,24,27,29,37-38H,1-3,7,10-12,16,18-19H2,(H,35,44)/t27-,29+/m0/s1. The molecule has 0 aliphatic carbocycles. The van der Waals surface area contributed by atoms with E-state index in [9.17, 15) is 9.59 Å². The summed E-state index contributed by atoms with van der Waals surface area (Å²) in [6.45, 7) is 4.36. The summed E-state index contributed by atoms with van der Waals surface area (Å²) in [7, 11) is 0. The summed E-state index contributed by atoms with van der Waals surface area (Å²) >= 11 is 12.5. The lowest BCUT2D eigenvalue weighted by molar-refractivity contribution is -0.125. The number of halogens is 2. The summed E-state index contributed by atoms with van der Waals surface area (Å²) in [5.74, 6) is 0.0650. The molecule has 4 aliphatic heterocycles. The third kappa shape index (κ3) is 6.28. The number of benzene rings is 2. The topological polar surface area (TPSA) is 107 Å². The number of piperazine rings is 1. The number of anilines is 2. The van der Waals surface area contributed by atoms with Crippen LogP contribution in [0.2, 0.25) is 5.02 Å². The van der Waals surface area contributed by atoms with Crippen LogP contribution < -0.4 is 31.7 Å². The minimum absolute atomic E-state index is 0.0650. The van der Waals surface area contributed by atoms with Gasteiger partial charge in [0.25, 0.3) is 5.56 Å². The van der Waals surface area contributed by atoms with Crippen LogP contribution >= 0.6 is 23.2 Å². The first kappa shape index (κ1) is 30.1. The molecule has 2 aromatic carbocycles. The van der Waals surface area contributed by atoms with Gasteiger partial charge in [-0.05, 0) is 48.7 Å². The molecule has 0 spiro atoms. The lowest BCUT2D eigenvalue weighted by atomic mass is 9.98. The van der Waals surface area contributed by atoms with Crippen LogP contribution in [0.15, 0.2) is 71.0 Å². The van der Waals surface area contributed by atoms with E-state index in [1.54, 1.807) is 40.3 Å². The van der Waals surface area contributed by atoms with Crippen molar-refractivity contribution in [1.29, 1.82) is 0 Å². The minimum Gasteiger partial charge on any atom is -0.378 e. The van der Waals surface area contributed by atoms with Crippen LogP contribution in [0.5, 0.6) is 0 Å². The number of hydrogen-bond acceptors (Lipinski definition) is 9. The average Bonchev–Trinajstić information content (AvgIpc) is 3.45. The van der Waals surface area contributed by atoms with Gasteiger partial charge in [-0.2, -0.15) is 0 Å². The highest BCUT2D eigenvalue weighted by molar-refractivity contribution is 6.31. The number of hydrazine groups is 2. The molecule has 2 bridgehead atoms. The fraction of sp³-hybridized carbons (Fsp3) is 0.406. The van der Waals surface area contributed by atoms with Gasteiger partial charge in [0.2, 0.25) is 5.91 Å². The number of ether oxygens (including phenoxy) is 1. The first-order chi connectivity index (χ1) is 21.9. The molecule has 4 aliphatic rings. The Hall–Kier alpha value is -3.61. The SMILES string of the molecule is O=C1NCCCCC[C@H](n2cnc(-c3cc(Cl)ccc3N3C=C(Cl)NN3)cc2=O)c2cccc(c2)N2CCN(C3COC3)C[C@H]12. The quantitative estimate of drug-likeness (QED) is 0.365. The van der Waals surface area contributed by atoms with Crippen LogP contribution in [0.1, 0.15) is 37.3 Å². The van der Waals surface area contributed by atoms with Crippen molar-refractivity contribution in [2.45, 2.75) is 43.8 Å². The molecule has 0 unspecified atom stereocenters. The number of nitrogens with zero attached hydrogens (tertiary/aromatic N) is 5.